The lowest BCUT2D eigenvalue weighted by Gasteiger charge is -2.15. The summed E-state index contributed by atoms with van der Waals surface area (Å²) in [6, 6.07) is 9.90. The molecule has 1 aromatic carbocycles. The lowest BCUT2D eigenvalue weighted by molar-refractivity contribution is -0.113. The molecule has 25 heavy (non-hydrogen) atoms. The number of thiocarbonyl (C=S) groups is 1. The lowest BCUT2D eigenvalue weighted by atomic mass is 10.1. The molecule has 5 heteroatoms. The number of furan rings is 1. The van der Waals surface area contributed by atoms with Crippen LogP contribution in [0.3, 0.4) is 0 Å². The highest BCUT2D eigenvalue weighted by atomic mass is 32.1. The predicted molar refractivity (Wildman–Crippen MR) is 102 cm³/mol. The Morgan fingerprint density at radius 3 is 2.56 bits per heavy atom. The third-order valence-corrected chi connectivity index (χ3v) is 5.04. The Morgan fingerprint density at radius 1 is 1.24 bits per heavy atom. The van der Waals surface area contributed by atoms with Crippen molar-refractivity contribution >= 4 is 35.0 Å². The van der Waals surface area contributed by atoms with Crippen LogP contribution in [-0.4, -0.2) is 11.0 Å². The summed E-state index contributed by atoms with van der Waals surface area (Å²) < 4.78 is 5.87. The van der Waals surface area contributed by atoms with E-state index in [4.69, 9.17) is 16.6 Å². The molecule has 2 aromatic rings. The van der Waals surface area contributed by atoms with Gasteiger partial charge in [0, 0.05) is 12.0 Å². The van der Waals surface area contributed by atoms with E-state index in [1.807, 2.05) is 38.1 Å². The standard InChI is InChI=1S/C20H20N2O2S/c1-11-6-12(2)8-14(7-11)22-19(23)17(21-20(22)25)10-15-4-5-18(24-15)16-9-13(16)3/h4-8,10,13,16H,9H2,1-3H3,(H,21,25)/b17-10-/t13-,16-/m1/s1. The molecule has 0 radical (unpaired) electrons. The molecule has 1 amide bonds. The molecule has 2 atom stereocenters. The maximum Gasteiger partial charge on any atom is 0.281 e. The van der Waals surface area contributed by atoms with Crippen molar-refractivity contribution in [1.29, 1.82) is 0 Å². The summed E-state index contributed by atoms with van der Waals surface area (Å²) in [7, 11) is 0. The van der Waals surface area contributed by atoms with Crippen molar-refractivity contribution in [2.45, 2.75) is 33.1 Å². The Morgan fingerprint density at radius 2 is 1.92 bits per heavy atom. The van der Waals surface area contributed by atoms with Gasteiger partial charge >= 0.3 is 0 Å². The molecule has 4 nitrogen and oxygen atoms in total. The van der Waals surface area contributed by atoms with Gasteiger partial charge in [-0.25, -0.2) is 0 Å². The Bertz CT molecular complexity index is 892. The maximum atomic E-state index is 12.8. The molecular formula is C20H20N2O2S. The Labute approximate surface area is 152 Å². The first-order valence-corrected chi connectivity index (χ1v) is 8.88. The van der Waals surface area contributed by atoms with Gasteiger partial charge in [-0.15, -0.1) is 0 Å². The highest BCUT2D eigenvalue weighted by Gasteiger charge is 2.37. The van der Waals surface area contributed by atoms with Crippen LogP contribution in [0, 0.1) is 19.8 Å². The zero-order valence-electron chi connectivity index (χ0n) is 14.5. The first-order chi connectivity index (χ1) is 11.9. The van der Waals surface area contributed by atoms with Gasteiger partial charge in [-0.2, -0.15) is 0 Å². The van der Waals surface area contributed by atoms with Crippen molar-refractivity contribution in [3.8, 4) is 0 Å². The molecule has 2 aliphatic rings. The molecule has 1 aliphatic carbocycles. The first-order valence-electron chi connectivity index (χ1n) is 8.47. The van der Waals surface area contributed by atoms with Crippen molar-refractivity contribution in [2.24, 2.45) is 5.92 Å². The van der Waals surface area contributed by atoms with Crippen LogP contribution < -0.4 is 10.2 Å². The van der Waals surface area contributed by atoms with Crippen LogP contribution >= 0.6 is 12.2 Å². The predicted octanol–water partition coefficient (Wildman–Crippen LogP) is 4.28. The van der Waals surface area contributed by atoms with Crippen molar-refractivity contribution in [1.82, 2.24) is 5.32 Å². The molecule has 1 saturated heterocycles. The summed E-state index contributed by atoms with van der Waals surface area (Å²) in [5, 5.41) is 3.40. The highest BCUT2D eigenvalue weighted by Crippen LogP contribution is 2.47. The number of hydrogen-bond donors (Lipinski definition) is 1. The molecule has 1 aliphatic heterocycles. The molecule has 0 unspecified atom stereocenters. The number of benzene rings is 1. The number of rotatable bonds is 3. The number of aryl methyl sites for hydroxylation is 2. The molecule has 1 aromatic heterocycles. The summed E-state index contributed by atoms with van der Waals surface area (Å²) in [5.41, 5.74) is 3.42. The zero-order chi connectivity index (χ0) is 17.7. The summed E-state index contributed by atoms with van der Waals surface area (Å²) in [6.45, 7) is 6.23. The smallest absolute Gasteiger partial charge is 0.281 e. The number of amides is 1. The quantitative estimate of drug-likeness (QED) is 0.661. The van der Waals surface area contributed by atoms with Crippen LogP contribution in [0.5, 0.6) is 0 Å². The van der Waals surface area contributed by atoms with Crippen LogP contribution in [0.4, 0.5) is 5.69 Å². The van der Waals surface area contributed by atoms with E-state index >= 15 is 0 Å². The van der Waals surface area contributed by atoms with Crippen LogP contribution in [0.15, 0.2) is 40.4 Å². The lowest BCUT2D eigenvalue weighted by Crippen LogP contribution is -2.30. The van der Waals surface area contributed by atoms with E-state index in [0.29, 0.717) is 28.4 Å². The Kier molecular flexibility index (Phi) is 3.76. The summed E-state index contributed by atoms with van der Waals surface area (Å²) in [5.74, 6) is 2.72. The topological polar surface area (TPSA) is 45.5 Å². The van der Waals surface area contributed by atoms with Crippen molar-refractivity contribution in [2.75, 3.05) is 4.90 Å². The molecule has 128 valence electrons. The van der Waals surface area contributed by atoms with Crippen LogP contribution in [0.2, 0.25) is 0 Å². The second kappa shape index (κ2) is 5.85. The van der Waals surface area contributed by atoms with Gasteiger partial charge in [0.25, 0.3) is 5.91 Å². The number of anilines is 1. The Balaban J connectivity index is 1.61. The van der Waals surface area contributed by atoms with Gasteiger partial charge in [0.15, 0.2) is 5.11 Å². The van der Waals surface area contributed by atoms with Crippen molar-refractivity contribution < 1.29 is 9.21 Å². The fraction of sp³-hybridized carbons (Fsp3) is 0.300. The molecule has 4 rings (SSSR count). The van der Waals surface area contributed by atoms with Gasteiger partial charge in [-0.1, -0.05) is 13.0 Å². The minimum atomic E-state index is -0.160. The van der Waals surface area contributed by atoms with E-state index in [-0.39, 0.29) is 5.91 Å². The van der Waals surface area contributed by atoms with E-state index in [1.165, 1.54) is 11.3 Å². The van der Waals surface area contributed by atoms with Crippen molar-refractivity contribution in [3.05, 3.63) is 58.7 Å². The van der Waals surface area contributed by atoms with Crippen LogP contribution in [0.1, 0.15) is 41.9 Å². The largest absolute Gasteiger partial charge is 0.461 e. The molecule has 1 saturated carbocycles. The Hall–Kier alpha value is -2.40. The van der Waals surface area contributed by atoms with Gasteiger partial charge in [0.05, 0.1) is 5.69 Å². The fourth-order valence-corrected chi connectivity index (χ4v) is 3.65. The number of nitrogens with one attached hydrogen (secondary N) is 1. The molecule has 1 N–H and O–H groups in total. The van der Waals surface area contributed by atoms with Gasteiger partial charge in [0.2, 0.25) is 0 Å². The van der Waals surface area contributed by atoms with E-state index < -0.39 is 0 Å². The number of nitrogens with zero attached hydrogens (tertiary/aromatic N) is 1. The van der Waals surface area contributed by atoms with E-state index in [9.17, 15) is 4.79 Å². The van der Waals surface area contributed by atoms with E-state index in [2.05, 4.69) is 18.3 Å². The number of hydrogen-bond acceptors (Lipinski definition) is 3. The normalized spacial score (nSPS) is 24.1. The molecule has 2 heterocycles. The number of carbonyl (C=O) groups excluding carboxylic acids is 1. The van der Waals surface area contributed by atoms with Crippen molar-refractivity contribution in [3.63, 3.8) is 0 Å². The average molecular weight is 352 g/mol. The van der Waals surface area contributed by atoms with Gasteiger partial charge in [-0.3, -0.25) is 9.69 Å². The average Bonchev–Trinajstić information content (AvgIpc) is 2.97. The van der Waals surface area contributed by atoms with Gasteiger partial charge < -0.3 is 9.73 Å². The van der Waals surface area contributed by atoms with Gasteiger partial charge in [-0.05, 0) is 73.8 Å². The minimum Gasteiger partial charge on any atom is -0.461 e. The molecule has 0 spiro atoms. The second-order valence-corrected chi connectivity index (χ2v) is 7.42. The zero-order valence-corrected chi connectivity index (χ0v) is 15.3. The van der Waals surface area contributed by atoms with Gasteiger partial charge in [0.1, 0.15) is 17.2 Å². The SMILES string of the molecule is Cc1cc(C)cc(N2C(=O)/C(=C/c3ccc([C@@H]4C[C@H]4C)o3)NC2=S)c1. The third kappa shape index (κ3) is 3.00. The maximum absolute atomic E-state index is 12.8. The fourth-order valence-electron chi connectivity index (χ4n) is 3.36. The second-order valence-electron chi connectivity index (χ2n) is 7.03. The van der Waals surface area contributed by atoms with Crippen LogP contribution in [0.25, 0.3) is 6.08 Å². The summed E-state index contributed by atoms with van der Waals surface area (Å²) in [6.07, 6.45) is 2.90. The first kappa shape index (κ1) is 16.1. The molecular weight excluding hydrogens is 332 g/mol. The number of carbonyl (C=O) groups is 1. The van der Waals surface area contributed by atoms with E-state index in [1.54, 1.807) is 6.08 Å². The molecule has 0 bridgehead atoms. The summed E-state index contributed by atoms with van der Waals surface area (Å²) in [4.78, 5) is 14.4. The van der Waals surface area contributed by atoms with E-state index in [0.717, 1.165) is 22.6 Å². The molecule has 2 fully saturated rings. The third-order valence-electron chi connectivity index (χ3n) is 4.75. The van der Waals surface area contributed by atoms with Crippen LogP contribution in [-0.2, 0) is 4.79 Å². The highest BCUT2D eigenvalue weighted by molar-refractivity contribution is 7.80. The summed E-state index contributed by atoms with van der Waals surface area (Å²) >= 11 is 5.37. The monoisotopic (exact) mass is 352 g/mol. The minimum absolute atomic E-state index is 0.160.